The Morgan fingerprint density at radius 2 is 1.89 bits per heavy atom. The van der Waals surface area contributed by atoms with E-state index >= 15 is 0 Å². The van der Waals surface area contributed by atoms with E-state index < -0.39 is 0 Å². The van der Waals surface area contributed by atoms with Gasteiger partial charge in [0.1, 0.15) is 0 Å². The standard InChI is InChI=1S/C15H13ClN2O/c16-12-5-3-6-13(8-12)18-9-11-4-1-2-7-14(11)17-15(19)10-18/h1-8H,9-10H2,(H,17,19). The van der Waals surface area contributed by atoms with Crippen LogP contribution in [0.25, 0.3) is 0 Å². The molecule has 4 heteroatoms. The third kappa shape index (κ3) is 2.56. The second-order valence-corrected chi connectivity index (χ2v) is 4.98. The molecule has 3 rings (SSSR count). The molecule has 1 heterocycles. The van der Waals surface area contributed by atoms with Crippen molar-refractivity contribution in [2.45, 2.75) is 6.54 Å². The molecule has 0 saturated carbocycles. The minimum Gasteiger partial charge on any atom is -0.358 e. The Morgan fingerprint density at radius 1 is 1.05 bits per heavy atom. The van der Waals surface area contributed by atoms with Crippen LogP contribution in [0.5, 0.6) is 0 Å². The number of carbonyl (C=O) groups excluding carboxylic acids is 1. The van der Waals surface area contributed by atoms with Gasteiger partial charge in [0.2, 0.25) is 5.91 Å². The lowest BCUT2D eigenvalue weighted by molar-refractivity contribution is -0.114. The second kappa shape index (κ2) is 4.94. The number of hydrogen-bond acceptors (Lipinski definition) is 2. The molecule has 2 aromatic rings. The highest BCUT2D eigenvalue weighted by Gasteiger charge is 2.19. The van der Waals surface area contributed by atoms with Crippen LogP contribution in [0.1, 0.15) is 5.56 Å². The molecule has 0 aromatic heterocycles. The molecule has 0 fully saturated rings. The van der Waals surface area contributed by atoms with Crippen molar-refractivity contribution in [3.8, 4) is 0 Å². The Morgan fingerprint density at radius 3 is 2.74 bits per heavy atom. The van der Waals surface area contributed by atoms with Gasteiger partial charge in [-0.15, -0.1) is 0 Å². The fourth-order valence-electron chi connectivity index (χ4n) is 2.26. The maximum absolute atomic E-state index is 11.9. The van der Waals surface area contributed by atoms with Gasteiger partial charge in [-0.2, -0.15) is 0 Å². The lowest BCUT2D eigenvalue weighted by Crippen LogP contribution is -2.29. The fraction of sp³-hybridized carbons (Fsp3) is 0.133. The molecule has 19 heavy (non-hydrogen) atoms. The molecule has 1 aliphatic rings. The lowest BCUT2D eigenvalue weighted by atomic mass is 10.1. The molecule has 3 nitrogen and oxygen atoms in total. The first-order valence-corrected chi connectivity index (χ1v) is 6.48. The Bertz CT molecular complexity index is 627. The molecule has 0 bridgehead atoms. The molecule has 0 aliphatic carbocycles. The van der Waals surface area contributed by atoms with E-state index in [0.717, 1.165) is 16.9 Å². The number of hydrogen-bond donors (Lipinski definition) is 1. The van der Waals surface area contributed by atoms with E-state index in [-0.39, 0.29) is 5.91 Å². The van der Waals surface area contributed by atoms with Crippen LogP contribution < -0.4 is 10.2 Å². The van der Waals surface area contributed by atoms with Gasteiger partial charge in [-0.3, -0.25) is 4.79 Å². The summed E-state index contributed by atoms with van der Waals surface area (Å²) in [7, 11) is 0. The van der Waals surface area contributed by atoms with Gasteiger partial charge in [0.15, 0.2) is 0 Å². The van der Waals surface area contributed by atoms with Crippen LogP contribution >= 0.6 is 11.6 Å². The zero-order chi connectivity index (χ0) is 13.2. The average Bonchev–Trinajstić information content (AvgIpc) is 2.56. The fourth-order valence-corrected chi connectivity index (χ4v) is 2.44. The Hall–Kier alpha value is -2.00. The summed E-state index contributed by atoms with van der Waals surface area (Å²) in [5, 5.41) is 3.60. The Labute approximate surface area is 116 Å². The van der Waals surface area contributed by atoms with Crippen molar-refractivity contribution in [3.05, 3.63) is 59.1 Å². The molecule has 1 amide bonds. The molecule has 0 unspecified atom stereocenters. The number of rotatable bonds is 1. The molecule has 2 aromatic carbocycles. The minimum atomic E-state index is -0.00933. The summed E-state index contributed by atoms with van der Waals surface area (Å²) in [4.78, 5) is 13.9. The van der Waals surface area contributed by atoms with Crippen LogP contribution in [0.4, 0.5) is 11.4 Å². The highest BCUT2D eigenvalue weighted by atomic mass is 35.5. The lowest BCUT2D eigenvalue weighted by Gasteiger charge is -2.21. The molecule has 1 N–H and O–H groups in total. The predicted octanol–water partition coefficient (Wildman–Crippen LogP) is 3.30. The maximum Gasteiger partial charge on any atom is 0.243 e. The Kier molecular flexibility index (Phi) is 3.13. The van der Waals surface area contributed by atoms with Crippen LogP contribution in [-0.2, 0) is 11.3 Å². The molecule has 0 spiro atoms. The quantitative estimate of drug-likeness (QED) is 0.864. The zero-order valence-corrected chi connectivity index (χ0v) is 11.0. The number of nitrogens with one attached hydrogen (secondary N) is 1. The van der Waals surface area contributed by atoms with Crippen LogP contribution in [0.15, 0.2) is 48.5 Å². The van der Waals surface area contributed by atoms with E-state index in [1.807, 2.05) is 53.4 Å². The number of anilines is 2. The molecule has 1 aliphatic heterocycles. The summed E-state index contributed by atoms with van der Waals surface area (Å²) in [6.07, 6.45) is 0. The van der Waals surface area contributed by atoms with E-state index in [4.69, 9.17) is 11.6 Å². The maximum atomic E-state index is 11.9. The summed E-state index contributed by atoms with van der Waals surface area (Å²) in [6.45, 7) is 1.02. The van der Waals surface area contributed by atoms with Crippen molar-refractivity contribution < 1.29 is 4.79 Å². The molecule has 96 valence electrons. The van der Waals surface area contributed by atoms with E-state index in [0.29, 0.717) is 18.1 Å². The van der Waals surface area contributed by atoms with Crippen molar-refractivity contribution >= 4 is 28.9 Å². The third-order valence-corrected chi connectivity index (χ3v) is 3.40. The summed E-state index contributed by atoms with van der Waals surface area (Å²) in [5.41, 5.74) is 2.95. The number of halogens is 1. The van der Waals surface area contributed by atoms with Crippen molar-refractivity contribution in [1.82, 2.24) is 0 Å². The van der Waals surface area contributed by atoms with Crippen molar-refractivity contribution in [3.63, 3.8) is 0 Å². The Balaban J connectivity index is 1.98. The van der Waals surface area contributed by atoms with Crippen LogP contribution in [0.2, 0.25) is 5.02 Å². The zero-order valence-electron chi connectivity index (χ0n) is 10.3. The van der Waals surface area contributed by atoms with Gasteiger partial charge in [-0.05, 0) is 29.8 Å². The largest absolute Gasteiger partial charge is 0.358 e. The normalized spacial score (nSPS) is 14.6. The number of carbonyl (C=O) groups is 1. The van der Waals surface area contributed by atoms with Gasteiger partial charge in [0.25, 0.3) is 0 Å². The molecular formula is C15H13ClN2O. The van der Waals surface area contributed by atoms with Gasteiger partial charge < -0.3 is 10.2 Å². The first kappa shape index (κ1) is 12.1. The van der Waals surface area contributed by atoms with E-state index in [2.05, 4.69) is 5.32 Å². The minimum absolute atomic E-state index is 0.00933. The van der Waals surface area contributed by atoms with Crippen LogP contribution in [0.3, 0.4) is 0 Å². The summed E-state index contributed by atoms with van der Waals surface area (Å²) in [6, 6.07) is 15.4. The monoisotopic (exact) mass is 272 g/mol. The smallest absolute Gasteiger partial charge is 0.243 e. The van der Waals surface area contributed by atoms with Gasteiger partial charge in [0.05, 0.1) is 6.54 Å². The van der Waals surface area contributed by atoms with Gasteiger partial charge >= 0.3 is 0 Å². The number of para-hydroxylation sites is 1. The van der Waals surface area contributed by atoms with Gasteiger partial charge in [-0.25, -0.2) is 0 Å². The van der Waals surface area contributed by atoms with Crippen molar-refractivity contribution in [2.75, 3.05) is 16.8 Å². The second-order valence-electron chi connectivity index (χ2n) is 4.54. The highest BCUT2D eigenvalue weighted by molar-refractivity contribution is 6.30. The summed E-state index contributed by atoms with van der Waals surface area (Å²) < 4.78 is 0. The van der Waals surface area contributed by atoms with Crippen LogP contribution in [0, 0.1) is 0 Å². The average molecular weight is 273 g/mol. The van der Waals surface area contributed by atoms with Crippen molar-refractivity contribution in [2.24, 2.45) is 0 Å². The molecular weight excluding hydrogens is 260 g/mol. The van der Waals surface area contributed by atoms with E-state index in [9.17, 15) is 4.79 Å². The SMILES string of the molecule is O=C1CN(c2cccc(Cl)c2)Cc2ccccc2N1. The van der Waals surface area contributed by atoms with E-state index in [1.165, 1.54) is 0 Å². The molecule has 0 atom stereocenters. The van der Waals surface area contributed by atoms with Crippen molar-refractivity contribution in [1.29, 1.82) is 0 Å². The number of nitrogens with zero attached hydrogens (tertiary/aromatic N) is 1. The predicted molar refractivity (Wildman–Crippen MR) is 77.6 cm³/mol. The topological polar surface area (TPSA) is 32.3 Å². The van der Waals surface area contributed by atoms with Crippen LogP contribution in [-0.4, -0.2) is 12.5 Å². The third-order valence-electron chi connectivity index (χ3n) is 3.16. The number of fused-ring (bicyclic) bond motifs is 1. The number of amides is 1. The molecule has 0 saturated heterocycles. The molecule has 0 radical (unpaired) electrons. The van der Waals surface area contributed by atoms with E-state index in [1.54, 1.807) is 0 Å². The number of benzene rings is 2. The summed E-state index contributed by atoms with van der Waals surface area (Å²) in [5.74, 6) is -0.00933. The van der Waals surface area contributed by atoms with Gasteiger partial charge in [-0.1, -0.05) is 35.9 Å². The highest BCUT2D eigenvalue weighted by Crippen LogP contribution is 2.26. The first-order chi connectivity index (χ1) is 9.22. The summed E-state index contributed by atoms with van der Waals surface area (Å²) >= 11 is 6.01. The first-order valence-electron chi connectivity index (χ1n) is 6.10. The van der Waals surface area contributed by atoms with Gasteiger partial charge in [0, 0.05) is 22.9 Å².